The number of benzene rings is 2. The Morgan fingerprint density at radius 2 is 1.73 bits per heavy atom. The van der Waals surface area contributed by atoms with Gasteiger partial charge >= 0.3 is 0 Å². The molecular weight excluding hydrogens is 356 g/mol. The lowest BCUT2D eigenvalue weighted by molar-refractivity contribution is -0.122. The summed E-state index contributed by atoms with van der Waals surface area (Å²) in [5.74, 6) is 0.293. The molecule has 1 aliphatic heterocycles. The number of fused-ring (bicyclic) bond motifs is 1. The van der Waals surface area contributed by atoms with E-state index in [-0.39, 0.29) is 30.4 Å². The number of aryl methyl sites for hydroxylation is 1. The summed E-state index contributed by atoms with van der Waals surface area (Å²) in [5.41, 5.74) is 2.22. The Labute approximate surface area is 155 Å². The summed E-state index contributed by atoms with van der Waals surface area (Å²) < 4.78 is 10.5. The lowest BCUT2D eigenvalue weighted by atomic mass is 10.2. The Balaban J connectivity index is 1.35. The molecule has 1 aliphatic carbocycles. The van der Waals surface area contributed by atoms with Crippen LogP contribution in [0.4, 0.5) is 11.4 Å². The van der Waals surface area contributed by atoms with E-state index in [2.05, 4.69) is 10.6 Å². The first-order valence-corrected chi connectivity index (χ1v) is 8.66. The van der Waals surface area contributed by atoms with Crippen molar-refractivity contribution in [2.45, 2.75) is 13.3 Å². The smallest absolute Gasteiger partial charge is 0.231 e. The second kappa shape index (κ2) is 6.53. The molecule has 0 spiro atoms. The number of amides is 2. The molecular formula is C19H17ClN2O4. The molecule has 2 atom stereocenters. The van der Waals surface area contributed by atoms with Gasteiger partial charge in [0.1, 0.15) is 0 Å². The average Bonchev–Trinajstić information content (AvgIpc) is 3.28. The summed E-state index contributed by atoms with van der Waals surface area (Å²) in [6.45, 7) is 2.06. The molecule has 4 rings (SSSR count). The van der Waals surface area contributed by atoms with Crippen LogP contribution in [0.25, 0.3) is 0 Å². The maximum Gasteiger partial charge on any atom is 0.231 e. The molecule has 0 radical (unpaired) electrons. The van der Waals surface area contributed by atoms with E-state index in [9.17, 15) is 9.59 Å². The van der Waals surface area contributed by atoms with Crippen molar-refractivity contribution >= 4 is 34.8 Å². The van der Waals surface area contributed by atoms with Gasteiger partial charge in [0.25, 0.3) is 0 Å². The normalized spacial score (nSPS) is 19.8. The zero-order valence-electron chi connectivity index (χ0n) is 14.0. The van der Waals surface area contributed by atoms with Crippen molar-refractivity contribution in [3.05, 3.63) is 47.0 Å². The highest BCUT2D eigenvalue weighted by molar-refractivity contribution is 6.30. The highest BCUT2D eigenvalue weighted by atomic mass is 35.5. The molecule has 0 bridgehead atoms. The lowest BCUT2D eigenvalue weighted by Crippen LogP contribution is -2.20. The monoisotopic (exact) mass is 372 g/mol. The van der Waals surface area contributed by atoms with E-state index in [1.54, 1.807) is 36.4 Å². The van der Waals surface area contributed by atoms with E-state index in [0.717, 1.165) is 5.56 Å². The predicted octanol–water partition coefficient (Wildman–Crippen LogP) is 3.59. The second-order valence-electron chi connectivity index (χ2n) is 6.45. The van der Waals surface area contributed by atoms with Crippen LogP contribution >= 0.6 is 11.6 Å². The molecule has 0 saturated heterocycles. The van der Waals surface area contributed by atoms with Crippen LogP contribution < -0.4 is 20.1 Å². The third-order valence-electron chi connectivity index (χ3n) is 4.55. The van der Waals surface area contributed by atoms with Gasteiger partial charge < -0.3 is 20.1 Å². The summed E-state index contributed by atoms with van der Waals surface area (Å²) in [7, 11) is 0. The first-order chi connectivity index (χ1) is 12.5. The Hall–Kier alpha value is -2.73. The van der Waals surface area contributed by atoms with Gasteiger partial charge in [-0.05, 0) is 49.2 Å². The fraction of sp³-hybridized carbons (Fsp3) is 0.263. The van der Waals surface area contributed by atoms with Crippen molar-refractivity contribution in [1.82, 2.24) is 0 Å². The number of halogens is 1. The van der Waals surface area contributed by atoms with Gasteiger partial charge in [-0.1, -0.05) is 11.6 Å². The Morgan fingerprint density at radius 1 is 1.00 bits per heavy atom. The first-order valence-electron chi connectivity index (χ1n) is 8.29. The summed E-state index contributed by atoms with van der Waals surface area (Å²) in [6.07, 6.45) is 0.537. The molecule has 1 saturated carbocycles. The maximum atomic E-state index is 12.4. The lowest BCUT2D eigenvalue weighted by Gasteiger charge is -2.09. The summed E-state index contributed by atoms with van der Waals surface area (Å²) >= 11 is 5.92. The van der Waals surface area contributed by atoms with Crippen molar-refractivity contribution in [2.24, 2.45) is 11.8 Å². The first kappa shape index (κ1) is 16.7. The van der Waals surface area contributed by atoms with Gasteiger partial charge in [0.05, 0.1) is 11.8 Å². The minimum absolute atomic E-state index is 0.152. The maximum absolute atomic E-state index is 12.4. The fourth-order valence-electron chi connectivity index (χ4n) is 2.98. The van der Waals surface area contributed by atoms with Crippen molar-refractivity contribution in [1.29, 1.82) is 0 Å². The van der Waals surface area contributed by atoms with E-state index in [0.29, 0.717) is 34.3 Å². The SMILES string of the molecule is Cc1cc(Cl)ccc1NC(=O)C1CC1C(=O)Nc1ccc2c(c1)OCO2. The Kier molecular flexibility index (Phi) is 4.20. The third kappa shape index (κ3) is 3.32. The largest absolute Gasteiger partial charge is 0.454 e. The van der Waals surface area contributed by atoms with Crippen LogP contribution in [0.5, 0.6) is 11.5 Å². The molecule has 2 N–H and O–H groups in total. The van der Waals surface area contributed by atoms with Crippen LogP contribution in [0, 0.1) is 18.8 Å². The van der Waals surface area contributed by atoms with Crippen LogP contribution in [0.3, 0.4) is 0 Å². The van der Waals surface area contributed by atoms with Gasteiger partial charge in [-0.3, -0.25) is 9.59 Å². The molecule has 1 fully saturated rings. The van der Waals surface area contributed by atoms with Gasteiger partial charge in [-0.25, -0.2) is 0 Å². The average molecular weight is 373 g/mol. The van der Waals surface area contributed by atoms with Gasteiger partial charge in [0, 0.05) is 22.5 Å². The number of carbonyl (C=O) groups is 2. The van der Waals surface area contributed by atoms with E-state index < -0.39 is 0 Å². The molecule has 2 unspecified atom stereocenters. The quantitative estimate of drug-likeness (QED) is 0.859. The van der Waals surface area contributed by atoms with E-state index >= 15 is 0 Å². The predicted molar refractivity (Wildman–Crippen MR) is 97.6 cm³/mol. The van der Waals surface area contributed by atoms with E-state index in [1.165, 1.54) is 0 Å². The third-order valence-corrected chi connectivity index (χ3v) is 4.79. The summed E-state index contributed by atoms with van der Waals surface area (Å²) in [6, 6.07) is 10.5. The molecule has 2 aromatic rings. The molecule has 2 aromatic carbocycles. The zero-order valence-corrected chi connectivity index (χ0v) is 14.8. The van der Waals surface area contributed by atoms with E-state index in [1.807, 2.05) is 6.92 Å². The molecule has 2 amide bonds. The number of nitrogens with one attached hydrogen (secondary N) is 2. The minimum Gasteiger partial charge on any atom is -0.454 e. The molecule has 26 heavy (non-hydrogen) atoms. The van der Waals surface area contributed by atoms with Crippen LogP contribution in [-0.4, -0.2) is 18.6 Å². The van der Waals surface area contributed by atoms with Crippen molar-refractivity contribution in [3.8, 4) is 11.5 Å². The topological polar surface area (TPSA) is 76.7 Å². The number of carbonyl (C=O) groups excluding carboxylic acids is 2. The van der Waals surface area contributed by atoms with Crippen molar-refractivity contribution < 1.29 is 19.1 Å². The highest BCUT2D eigenvalue weighted by Gasteiger charge is 2.48. The molecule has 6 nitrogen and oxygen atoms in total. The van der Waals surface area contributed by atoms with E-state index in [4.69, 9.17) is 21.1 Å². The van der Waals surface area contributed by atoms with Crippen LogP contribution in [-0.2, 0) is 9.59 Å². The fourth-order valence-corrected chi connectivity index (χ4v) is 3.20. The van der Waals surface area contributed by atoms with Gasteiger partial charge in [-0.15, -0.1) is 0 Å². The van der Waals surface area contributed by atoms with Gasteiger partial charge in [-0.2, -0.15) is 0 Å². The Bertz CT molecular complexity index is 899. The minimum atomic E-state index is -0.326. The van der Waals surface area contributed by atoms with Crippen molar-refractivity contribution in [2.75, 3.05) is 17.4 Å². The number of hydrogen-bond acceptors (Lipinski definition) is 4. The summed E-state index contributed by atoms with van der Waals surface area (Å²) in [5, 5.41) is 6.32. The standard InChI is InChI=1S/C19H17ClN2O4/c1-10-6-11(20)2-4-15(10)22-19(24)14-8-13(14)18(23)21-12-3-5-16-17(7-12)26-9-25-16/h2-7,13-14H,8-9H2,1H3,(H,21,23)(H,22,24). The second-order valence-corrected chi connectivity index (χ2v) is 6.89. The highest BCUT2D eigenvalue weighted by Crippen LogP contribution is 2.41. The van der Waals surface area contributed by atoms with Gasteiger partial charge in [0.2, 0.25) is 18.6 Å². The number of anilines is 2. The molecule has 134 valence electrons. The van der Waals surface area contributed by atoms with Crippen molar-refractivity contribution in [3.63, 3.8) is 0 Å². The van der Waals surface area contributed by atoms with Crippen LogP contribution in [0.2, 0.25) is 5.02 Å². The molecule has 2 aliphatic rings. The number of rotatable bonds is 4. The number of ether oxygens (including phenoxy) is 2. The zero-order chi connectivity index (χ0) is 18.3. The number of hydrogen-bond donors (Lipinski definition) is 2. The van der Waals surface area contributed by atoms with Gasteiger partial charge in [0.15, 0.2) is 11.5 Å². The van der Waals surface area contributed by atoms with Crippen LogP contribution in [0.15, 0.2) is 36.4 Å². The molecule has 0 aromatic heterocycles. The Morgan fingerprint density at radius 3 is 2.50 bits per heavy atom. The van der Waals surface area contributed by atoms with Crippen LogP contribution in [0.1, 0.15) is 12.0 Å². The molecule has 7 heteroatoms. The molecule has 1 heterocycles. The summed E-state index contributed by atoms with van der Waals surface area (Å²) in [4.78, 5) is 24.7.